The SMILES string of the molecule is COC(=O)c1cc(-c2nc(C)c(C)s2)cc([N+](=O)[O-])c1. The first-order valence-corrected chi connectivity index (χ1v) is 6.56. The van der Waals surface area contributed by atoms with Crippen LogP contribution in [0, 0.1) is 24.0 Å². The number of aromatic nitrogens is 1. The molecule has 20 heavy (non-hydrogen) atoms. The van der Waals surface area contributed by atoms with E-state index in [0.29, 0.717) is 10.6 Å². The van der Waals surface area contributed by atoms with E-state index in [-0.39, 0.29) is 11.3 Å². The average molecular weight is 292 g/mol. The van der Waals surface area contributed by atoms with Gasteiger partial charge in [-0.05, 0) is 19.9 Å². The van der Waals surface area contributed by atoms with Gasteiger partial charge < -0.3 is 4.74 Å². The molecule has 7 heteroatoms. The molecule has 0 fully saturated rings. The Bertz CT molecular complexity index is 674. The predicted octanol–water partition coefficient (Wildman–Crippen LogP) is 3.12. The number of methoxy groups -OCH3 is 1. The molecule has 0 atom stereocenters. The summed E-state index contributed by atoms with van der Waals surface area (Å²) in [4.78, 5) is 27.4. The zero-order valence-corrected chi connectivity index (χ0v) is 12.0. The van der Waals surface area contributed by atoms with Crippen molar-refractivity contribution < 1.29 is 14.5 Å². The number of carbonyl (C=O) groups is 1. The van der Waals surface area contributed by atoms with E-state index >= 15 is 0 Å². The van der Waals surface area contributed by atoms with Crippen LogP contribution in [0.15, 0.2) is 18.2 Å². The number of non-ortho nitro benzene ring substituents is 1. The fourth-order valence-corrected chi connectivity index (χ4v) is 2.57. The van der Waals surface area contributed by atoms with Crippen LogP contribution in [0.1, 0.15) is 20.9 Å². The van der Waals surface area contributed by atoms with Crippen molar-refractivity contribution >= 4 is 23.0 Å². The van der Waals surface area contributed by atoms with E-state index in [1.807, 2.05) is 13.8 Å². The van der Waals surface area contributed by atoms with Gasteiger partial charge in [-0.1, -0.05) is 0 Å². The highest BCUT2D eigenvalue weighted by molar-refractivity contribution is 7.15. The zero-order chi connectivity index (χ0) is 14.9. The quantitative estimate of drug-likeness (QED) is 0.493. The van der Waals surface area contributed by atoms with Crippen LogP contribution >= 0.6 is 11.3 Å². The van der Waals surface area contributed by atoms with E-state index in [2.05, 4.69) is 9.72 Å². The van der Waals surface area contributed by atoms with Gasteiger partial charge in [0.15, 0.2) is 0 Å². The van der Waals surface area contributed by atoms with Gasteiger partial charge in [-0.2, -0.15) is 0 Å². The minimum absolute atomic E-state index is 0.141. The van der Waals surface area contributed by atoms with Gasteiger partial charge in [0.25, 0.3) is 5.69 Å². The molecule has 0 saturated carbocycles. The van der Waals surface area contributed by atoms with Gasteiger partial charge in [0.1, 0.15) is 5.01 Å². The molecular formula is C13H12N2O4S. The normalized spacial score (nSPS) is 10.3. The van der Waals surface area contributed by atoms with Gasteiger partial charge in [0.2, 0.25) is 0 Å². The fraction of sp³-hybridized carbons (Fsp3) is 0.231. The Hall–Kier alpha value is -2.28. The fourth-order valence-electron chi connectivity index (χ4n) is 1.67. The molecule has 1 aromatic carbocycles. The largest absolute Gasteiger partial charge is 0.465 e. The maximum atomic E-state index is 11.6. The summed E-state index contributed by atoms with van der Waals surface area (Å²) in [5.74, 6) is -0.611. The zero-order valence-electron chi connectivity index (χ0n) is 11.2. The van der Waals surface area contributed by atoms with Gasteiger partial charge in [-0.3, -0.25) is 10.1 Å². The molecule has 0 saturated heterocycles. The molecule has 1 aromatic heterocycles. The second kappa shape index (κ2) is 5.38. The van der Waals surface area contributed by atoms with Crippen molar-refractivity contribution in [1.82, 2.24) is 4.98 Å². The summed E-state index contributed by atoms with van der Waals surface area (Å²) in [5.41, 5.74) is 1.40. The van der Waals surface area contributed by atoms with Crippen LogP contribution in [-0.2, 0) is 4.74 Å². The third-order valence-electron chi connectivity index (χ3n) is 2.83. The number of hydrogen-bond donors (Lipinski definition) is 0. The lowest BCUT2D eigenvalue weighted by atomic mass is 10.1. The number of nitro groups is 1. The van der Waals surface area contributed by atoms with Gasteiger partial charge in [-0.15, -0.1) is 11.3 Å². The van der Waals surface area contributed by atoms with Crippen molar-refractivity contribution in [3.8, 4) is 10.6 Å². The highest BCUT2D eigenvalue weighted by atomic mass is 32.1. The third-order valence-corrected chi connectivity index (χ3v) is 3.95. The number of rotatable bonds is 3. The molecule has 0 amide bonds. The van der Waals surface area contributed by atoms with Crippen molar-refractivity contribution in [2.75, 3.05) is 7.11 Å². The van der Waals surface area contributed by atoms with E-state index in [0.717, 1.165) is 10.6 Å². The monoisotopic (exact) mass is 292 g/mol. The first kappa shape index (κ1) is 14.1. The Morgan fingerprint density at radius 1 is 1.35 bits per heavy atom. The Morgan fingerprint density at radius 3 is 2.55 bits per heavy atom. The predicted molar refractivity (Wildman–Crippen MR) is 75.0 cm³/mol. The Kier molecular flexibility index (Phi) is 3.80. The van der Waals surface area contributed by atoms with Crippen LogP contribution in [0.2, 0.25) is 0 Å². The first-order chi connectivity index (χ1) is 9.42. The standard InChI is InChI=1S/C13H12N2O4S/c1-7-8(2)20-12(14-7)9-4-10(13(16)19-3)6-11(5-9)15(17)18/h4-6H,1-3H3. The van der Waals surface area contributed by atoms with Crippen molar-refractivity contribution in [3.63, 3.8) is 0 Å². The lowest BCUT2D eigenvalue weighted by Gasteiger charge is -2.02. The van der Waals surface area contributed by atoms with Crippen LogP contribution < -0.4 is 0 Å². The molecule has 0 aliphatic rings. The molecular weight excluding hydrogens is 280 g/mol. The summed E-state index contributed by atoms with van der Waals surface area (Å²) in [7, 11) is 1.23. The second-order valence-corrected chi connectivity index (χ2v) is 5.38. The molecule has 0 bridgehead atoms. The number of thiazole rings is 1. The molecule has 104 valence electrons. The van der Waals surface area contributed by atoms with Crippen molar-refractivity contribution in [1.29, 1.82) is 0 Å². The van der Waals surface area contributed by atoms with E-state index in [1.54, 1.807) is 6.07 Å². The lowest BCUT2D eigenvalue weighted by molar-refractivity contribution is -0.384. The number of nitro benzene ring substituents is 1. The number of ether oxygens (including phenoxy) is 1. The molecule has 0 aliphatic carbocycles. The van der Waals surface area contributed by atoms with Crippen LogP contribution in [0.25, 0.3) is 10.6 Å². The van der Waals surface area contributed by atoms with Crippen LogP contribution in [0.3, 0.4) is 0 Å². The maximum Gasteiger partial charge on any atom is 0.338 e. The van der Waals surface area contributed by atoms with Gasteiger partial charge in [0, 0.05) is 22.6 Å². The van der Waals surface area contributed by atoms with Crippen molar-refractivity contribution in [3.05, 3.63) is 44.4 Å². The molecule has 0 aliphatic heterocycles. The highest BCUT2D eigenvalue weighted by Gasteiger charge is 2.17. The van der Waals surface area contributed by atoms with Crippen molar-refractivity contribution in [2.24, 2.45) is 0 Å². The molecule has 0 radical (unpaired) electrons. The van der Waals surface area contributed by atoms with Crippen LogP contribution in [0.4, 0.5) is 5.69 Å². The van der Waals surface area contributed by atoms with Gasteiger partial charge in [0.05, 0.1) is 23.3 Å². The molecule has 2 aromatic rings. The number of benzene rings is 1. The maximum absolute atomic E-state index is 11.6. The van der Waals surface area contributed by atoms with E-state index in [4.69, 9.17) is 0 Å². The topological polar surface area (TPSA) is 82.3 Å². The second-order valence-electron chi connectivity index (χ2n) is 4.18. The van der Waals surface area contributed by atoms with E-state index < -0.39 is 10.9 Å². The Balaban J connectivity index is 2.60. The smallest absolute Gasteiger partial charge is 0.338 e. The number of esters is 1. The number of nitrogens with zero attached hydrogens (tertiary/aromatic N) is 2. The molecule has 6 nitrogen and oxygen atoms in total. The molecule has 0 unspecified atom stereocenters. The Morgan fingerprint density at radius 2 is 2.05 bits per heavy atom. The minimum Gasteiger partial charge on any atom is -0.465 e. The highest BCUT2D eigenvalue weighted by Crippen LogP contribution is 2.31. The lowest BCUT2D eigenvalue weighted by Crippen LogP contribution is -2.02. The summed E-state index contributed by atoms with van der Waals surface area (Å²) < 4.78 is 4.61. The first-order valence-electron chi connectivity index (χ1n) is 5.74. The summed E-state index contributed by atoms with van der Waals surface area (Å²) in [5, 5.41) is 11.6. The summed E-state index contributed by atoms with van der Waals surface area (Å²) in [6.07, 6.45) is 0. The van der Waals surface area contributed by atoms with Crippen LogP contribution in [0.5, 0.6) is 0 Å². The van der Waals surface area contributed by atoms with Gasteiger partial charge in [-0.25, -0.2) is 9.78 Å². The van der Waals surface area contributed by atoms with E-state index in [9.17, 15) is 14.9 Å². The summed E-state index contributed by atoms with van der Waals surface area (Å²) in [6, 6.07) is 4.16. The summed E-state index contributed by atoms with van der Waals surface area (Å²) >= 11 is 1.43. The van der Waals surface area contributed by atoms with E-state index in [1.165, 1.54) is 30.6 Å². The Labute approximate surface area is 119 Å². The third kappa shape index (κ3) is 2.67. The van der Waals surface area contributed by atoms with Crippen LogP contribution in [-0.4, -0.2) is 23.0 Å². The molecule has 0 N–H and O–H groups in total. The minimum atomic E-state index is -0.611. The molecule has 2 rings (SSSR count). The number of hydrogen-bond acceptors (Lipinski definition) is 6. The molecule has 0 spiro atoms. The average Bonchev–Trinajstić information content (AvgIpc) is 2.77. The van der Waals surface area contributed by atoms with Crippen molar-refractivity contribution in [2.45, 2.75) is 13.8 Å². The van der Waals surface area contributed by atoms with Gasteiger partial charge >= 0.3 is 5.97 Å². The summed E-state index contributed by atoms with van der Waals surface area (Å²) in [6.45, 7) is 3.79. The number of carbonyl (C=O) groups excluding carboxylic acids is 1. The molecule has 1 heterocycles. The number of aryl methyl sites for hydroxylation is 2.